The summed E-state index contributed by atoms with van der Waals surface area (Å²) in [6, 6.07) is 5.91. The zero-order valence-corrected chi connectivity index (χ0v) is 18.3. The molecule has 31 heavy (non-hydrogen) atoms. The maximum absolute atomic E-state index is 12.3. The van der Waals surface area contributed by atoms with Gasteiger partial charge in [-0.15, -0.1) is 0 Å². The number of amides is 2. The average Bonchev–Trinajstić information content (AvgIpc) is 3.10. The third-order valence-corrected chi connectivity index (χ3v) is 5.32. The van der Waals surface area contributed by atoms with Gasteiger partial charge in [0.2, 0.25) is 6.33 Å². The summed E-state index contributed by atoms with van der Waals surface area (Å²) in [6.07, 6.45) is 4.85. The van der Waals surface area contributed by atoms with Crippen molar-refractivity contribution in [3.63, 3.8) is 0 Å². The van der Waals surface area contributed by atoms with E-state index in [1.54, 1.807) is 41.7 Å². The van der Waals surface area contributed by atoms with E-state index in [2.05, 4.69) is 10.6 Å². The van der Waals surface area contributed by atoms with Gasteiger partial charge in [0.25, 0.3) is 11.8 Å². The number of carbonyl (C=O) groups is 2. The maximum atomic E-state index is 12.3. The number of phenolic OH excluding ortho intramolecular Hbond substituents is 2. The van der Waals surface area contributed by atoms with Crippen molar-refractivity contribution >= 4 is 46.4 Å². The van der Waals surface area contributed by atoms with E-state index in [4.69, 9.17) is 23.2 Å². The fraction of sp³-hybridized carbons (Fsp3) is 0.190. The first kappa shape index (κ1) is 22.5. The number of nitrogens with zero attached hydrogens (tertiary/aromatic N) is 2. The van der Waals surface area contributed by atoms with Crippen LogP contribution in [-0.2, 0) is 22.7 Å². The largest absolute Gasteiger partial charge is 0.506 e. The number of benzene rings is 2. The van der Waals surface area contributed by atoms with Gasteiger partial charge < -0.3 is 20.8 Å². The third kappa shape index (κ3) is 5.68. The van der Waals surface area contributed by atoms with Gasteiger partial charge in [-0.3, -0.25) is 9.59 Å². The van der Waals surface area contributed by atoms with Crippen molar-refractivity contribution in [2.45, 2.75) is 26.9 Å². The van der Waals surface area contributed by atoms with Gasteiger partial charge in [-0.25, -0.2) is 9.13 Å². The lowest BCUT2D eigenvalue weighted by Gasteiger charge is -2.08. The van der Waals surface area contributed by atoms with Gasteiger partial charge in [-0.1, -0.05) is 23.2 Å². The van der Waals surface area contributed by atoms with Crippen molar-refractivity contribution in [1.29, 1.82) is 0 Å². The maximum Gasteiger partial charge on any atom is 0.266 e. The molecule has 4 N–H and O–H groups in total. The molecule has 0 radical (unpaired) electrons. The number of nitrogens with one attached hydrogen (secondary N) is 2. The minimum atomic E-state index is -0.373. The Balaban J connectivity index is 1.59. The van der Waals surface area contributed by atoms with Gasteiger partial charge >= 0.3 is 0 Å². The van der Waals surface area contributed by atoms with Crippen molar-refractivity contribution in [1.82, 2.24) is 4.57 Å². The van der Waals surface area contributed by atoms with Gasteiger partial charge in [0, 0.05) is 10.0 Å². The molecule has 0 aliphatic heterocycles. The van der Waals surface area contributed by atoms with Crippen LogP contribution in [0, 0.1) is 13.8 Å². The number of hydrogen-bond donors (Lipinski definition) is 4. The van der Waals surface area contributed by atoms with Gasteiger partial charge in [-0.2, -0.15) is 0 Å². The summed E-state index contributed by atoms with van der Waals surface area (Å²) in [4.78, 5) is 24.6. The average molecular weight is 464 g/mol. The van der Waals surface area contributed by atoms with Crippen molar-refractivity contribution in [2.24, 2.45) is 0 Å². The van der Waals surface area contributed by atoms with Crippen molar-refractivity contribution < 1.29 is 24.4 Å². The second kappa shape index (κ2) is 9.28. The smallest absolute Gasteiger partial charge is 0.266 e. The van der Waals surface area contributed by atoms with Crippen LogP contribution in [0.4, 0.5) is 11.4 Å². The van der Waals surface area contributed by atoms with Crippen molar-refractivity contribution in [2.75, 3.05) is 10.6 Å². The van der Waals surface area contributed by atoms with Gasteiger partial charge in [0.15, 0.2) is 13.1 Å². The molecule has 0 unspecified atom stereocenters. The Hall–Kier alpha value is -3.23. The Morgan fingerprint density at radius 1 is 0.935 bits per heavy atom. The first-order valence-electron chi connectivity index (χ1n) is 9.25. The van der Waals surface area contributed by atoms with Crippen LogP contribution >= 0.6 is 23.2 Å². The zero-order chi connectivity index (χ0) is 22.7. The number of anilines is 2. The predicted molar refractivity (Wildman–Crippen MR) is 118 cm³/mol. The van der Waals surface area contributed by atoms with E-state index in [0.717, 1.165) is 0 Å². The summed E-state index contributed by atoms with van der Waals surface area (Å²) in [5, 5.41) is 26.0. The molecule has 1 heterocycles. The minimum absolute atomic E-state index is 0.0338. The van der Waals surface area contributed by atoms with Crippen LogP contribution in [0.5, 0.6) is 11.5 Å². The number of aromatic hydroxyl groups is 2. The zero-order valence-electron chi connectivity index (χ0n) is 16.8. The lowest BCUT2D eigenvalue weighted by molar-refractivity contribution is -0.683. The minimum Gasteiger partial charge on any atom is -0.506 e. The van der Waals surface area contributed by atoms with Crippen LogP contribution in [0.1, 0.15) is 11.1 Å². The summed E-state index contributed by atoms with van der Waals surface area (Å²) >= 11 is 12.1. The molecule has 1 aromatic heterocycles. The van der Waals surface area contributed by atoms with Gasteiger partial charge in [-0.05, 0) is 49.2 Å². The van der Waals surface area contributed by atoms with E-state index < -0.39 is 0 Å². The molecule has 3 rings (SSSR count). The van der Waals surface area contributed by atoms with E-state index >= 15 is 0 Å². The Labute approximate surface area is 188 Å². The summed E-state index contributed by atoms with van der Waals surface area (Å²) < 4.78 is 3.16. The molecule has 0 atom stereocenters. The van der Waals surface area contributed by atoms with Crippen molar-refractivity contribution in [3.05, 3.63) is 64.2 Å². The molecule has 162 valence electrons. The van der Waals surface area contributed by atoms with Crippen LogP contribution < -0.4 is 15.2 Å². The number of aromatic nitrogens is 2. The lowest BCUT2D eigenvalue weighted by Crippen LogP contribution is -2.38. The molecule has 3 aromatic rings. The molecular weight excluding hydrogens is 443 g/mol. The highest BCUT2D eigenvalue weighted by molar-refractivity contribution is 6.32. The second-order valence-corrected chi connectivity index (χ2v) is 7.91. The number of rotatable bonds is 6. The summed E-state index contributed by atoms with van der Waals surface area (Å²) in [6.45, 7) is 3.43. The van der Waals surface area contributed by atoms with Crippen LogP contribution in [0.3, 0.4) is 0 Å². The van der Waals surface area contributed by atoms with E-state index in [-0.39, 0.29) is 47.8 Å². The fourth-order valence-electron chi connectivity index (χ4n) is 2.87. The molecule has 2 amide bonds. The summed E-state index contributed by atoms with van der Waals surface area (Å²) in [7, 11) is 0. The van der Waals surface area contributed by atoms with Gasteiger partial charge in [0.1, 0.15) is 23.9 Å². The fourth-order valence-corrected chi connectivity index (χ4v) is 3.20. The first-order chi connectivity index (χ1) is 14.6. The van der Waals surface area contributed by atoms with E-state index in [0.29, 0.717) is 21.2 Å². The topological polar surface area (TPSA) is 107 Å². The molecule has 0 aliphatic rings. The highest BCUT2D eigenvalue weighted by Gasteiger charge is 2.15. The third-order valence-electron chi connectivity index (χ3n) is 4.50. The number of imidazole rings is 1. The van der Waals surface area contributed by atoms with Gasteiger partial charge in [0.05, 0.1) is 11.4 Å². The highest BCUT2D eigenvalue weighted by atomic mass is 35.5. The van der Waals surface area contributed by atoms with Crippen LogP contribution in [0.15, 0.2) is 43.0 Å². The number of carbonyl (C=O) groups excluding carboxylic acids is 2. The molecule has 2 aromatic carbocycles. The SMILES string of the molecule is Cc1cc(O)c(NC(=O)Cn2cc[n+](CC(=O)Nc3cc(Cl)c(C)cc3O)c2)cc1Cl. The summed E-state index contributed by atoms with van der Waals surface area (Å²) in [5.74, 6) is -0.897. The molecular formula is C21H21Cl2N4O4+. The van der Waals surface area contributed by atoms with Crippen molar-refractivity contribution in [3.8, 4) is 11.5 Å². The highest BCUT2D eigenvalue weighted by Crippen LogP contribution is 2.30. The normalized spacial score (nSPS) is 10.7. The Bertz CT molecular complexity index is 1070. The van der Waals surface area contributed by atoms with E-state index in [1.807, 2.05) is 0 Å². The molecule has 10 heteroatoms. The first-order valence-corrected chi connectivity index (χ1v) is 10.0. The predicted octanol–water partition coefficient (Wildman–Crippen LogP) is 3.39. The molecule has 0 spiro atoms. The van der Waals surface area contributed by atoms with E-state index in [9.17, 15) is 19.8 Å². The quantitative estimate of drug-likeness (QED) is 0.331. The standard InChI is InChI=1S/C21H20Cl2N4O4/c1-12-5-18(28)16(7-14(12)22)24-20(30)9-26-3-4-27(11-26)10-21(31)25-17-8-15(23)13(2)6-19(17)29/h3-8,11H,9-10H2,1-2H3,(H3-,24,25,28,29,30,31)/p+1. The van der Waals surface area contributed by atoms with E-state index in [1.165, 1.54) is 24.3 Å². The molecule has 0 aliphatic carbocycles. The number of halogens is 2. The number of hydrogen-bond acceptors (Lipinski definition) is 4. The van der Waals surface area contributed by atoms with Crippen LogP contribution in [0.25, 0.3) is 0 Å². The Kier molecular flexibility index (Phi) is 6.72. The molecule has 0 saturated carbocycles. The molecule has 0 saturated heterocycles. The van der Waals surface area contributed by atoms with Crippen LogP contribution in [0.2, 0.25) is 10.0 Å². The second-order valence-electron chi connectivity index (χ2n) is 7.09. The monoisotopic (exact) mass is 463 g/mol. The molecule has 8 nitrogen and oxygen atoms in total. The van der Waals surface area contributed by atoms with Crippen LogP contribution in [-0.4, -0.2) is 26.6 Å². The number of phenols is 2. The lowest BCUT2D eigenvalue weighted by atomic mass is 10.2. The molecule has 0 bridgehead atoms. The number of aryl methyl sites for hydroxylation is 2. The Morgan fingerprint density at radius 3 is 2.00 bits per heavy atom. The molecule has 0 fully saturated rings. The Morgan fingerprint density at radius 2 is 1.45 bits per heavy atom. The summed E-state index contributed by atoms with van der Waals surface area (Å²) in [5.41, 5.74) is 1.83.